The maximum absolute atomic E-state index is 11.3. The van der Waals surface area contributed by atoms with Gasteiger partial charge in [-0.2, -0.15) is 0 Å². The molecule has 0 aromatic rings. The van der Waals surface area contributed by atoms with Gasteiger partial charge in [0, 0.05) is 13.1 Å². The van der Waals surface area contributed by atoms with Crippen LogP contribution in [0.4, 0.5) is 0 Å². The largest absolute Gasteiger partial charge is 0.329 e. The number of rotatable bonds is 6. The number of likely N-dealkylation sites (tertiary alicyclic amines) is 1. The van der Waals surface area contributed by atoms with Crippen molar-refractivity contribution in [1.82, 2.24) is 9.62 Å². The minimum atomic E-state index is -3.13. The third kappa shape index (κ3) is 5.25. The SMILES string of the molecule is CN1CCC(CCNS(=O)(=O)CCN)CC1. The third-order valence-electron chi connectivity index (χ3n) is 3.10. The second kappa shape index (κ2) is 6.54. The highest BCUT2D eigenvalue weighted by atomic mass is 32.2. The van der Waals surface area contributed by atoms with Crippen LogP contribution >= 0.6 is 0 Å². The summed E-state index contributed by atoms with van der Waals surface area (Å²) in [6.45, 7) is 2.99. The van der Waals surface area contributed by atoms with Crippen LogP contribution < -0.4 is 10.5 Å². The molecule has 6 heteroatoms. The maximum atomic E-state index is 11.3. The Hall–Kier alpha value is -0.170. The fourth-order valence-corrected chi connectivity index (χ4v) is 2.88. The fraction of sp³-hybridized carbons (Fsp3) is 1.00. The Balaban J connectivity index is 2.16. The van der Waals surface area contributed by atoms with Gasteiger partial charge in [-0.15, -0.1) is 0 Å². The quantitative estimate of drug-likeness (QED) is 0.671. The van der Waals surface area contributed by atoms with Crippen LogP contribution in [-0.2, 0) is 10.0 Å². The van der Waals surface area contributed by atoms with E-state index in [1.165, 1.54) is 12.8 Å². The van der Waals surface area contributed by atoms with Crippen molar-refractivity contribution in [2.45, 2.75) is 19.3 Å². The average molecular weight is 249 g/mol. The smallest absolute Gasteiger partial charge is 0.212 e. The number of sulfonamides is 1. The number of nitrogens with zero attached hydrogens (tertiary/aromatic N) is 1. The summed E-state index contributed by atoms with van der Waals surface area (Å²) in [6.07, 6.45) is 3.29. The number of nitrogens with one attached hydrogen (secondary N) is 1. The minimum Gasteiger partial charge on any atom is -0.329 e. The van der Waals surface area contributed by atoms with Gasteiger partial charge >= 0.3 is 0 Å². The molecule has 0 aromatic carbocycles. The minimum absolute atomic E-state index is 0.0282. The predicted octanol–water partition coefficient (Wildman–Crippen LogP) is -0.404. The molecule has 0 atom stereocenters. The molecule has 0 radical (unpaired) electrons. The van der Waals surface area contributed by atoms with Crippen molar-refractivity contribution in [3.8, 4) is 0 Å². The highest BCUT2D eigenvalue weighted by molar-refractivity contribution is 7.89. The van der Waals surface area contributed by atoms with Gasteiger partial charge in [-0.1, -0.05) is 0 Å². The molecule has 0 saturated carbocycles. The first kappa shape index (κ1) is 13.9. The molecule has 96 valence electrons. The summed E-state index contributed by atoms with van der Waals surface area (Å²) >= 11 is 0. The molecule has 1 heterocycles. The lowest BCUT2D eigenvalue weighted by molar-refractivity contribution is 0.213. The molecule has 0 bridgehead atoms. The lowest BCUT2D eigenvalue weighted by Gasteiger charge is -2.28. The van der Waals surface area contributed by atoms with E-state index < -0.39 is 10.0 Å². The Bertz CT molecular complexity index is 284. The van der Waals surface area contributed by atoms with E-state index in [0.29, 0.717) is 12.5 Å². The molecule has 1 saturated heterocycles. The van der Waals surface area contributed by atoms with Crippen molar-refractivity contribution in [3.63, 3.8) is 0 Å². The van der Waals surface area contributed by atoms with Gasteiger partial charge in [0.2, 0.25) is 10.0 Å². The first-order valence-electron chi connectivity index (χ1n) is 5.89. The Morgan fingerprint density at radius 1 is 1.38 bits per heavy atom. The topological polar surface area (TPSA) is 75.4 Å². The number of hydrogen-bond donors (Lipinski definition) is 2. The molecular weight excluding hydrogens is 226 g/mol. The van der Waals surface area contributed by atoms with Crippen molar-refractivity contribution in [3.05, 3.63) is 0 Å². The second-order valence-corrected chi connectivity index (χ2v) is 6.46. The van der Waals surface area contributed by atoms with Crippen LogP contribution in [0.2, 0.25) is 0 Å². The monoisotopic (exact) mass is 249 g/mol. The number of piperidine rings is 1. The van der Waals surface area contributed by atoms with Gasteiger partial charge in [-0.05, 0) is 45.3 Å². The van der Waals surface area contributed by atoms with Crippen molar-refractivity contribution in [1.29, 1.82) is 0 Å². The zero-order valence-electron chi connectivity index (χ0n) is 9.98. The molecule has 0 unspecified atom stereocenters. The summed E-state index contributed by atoms with van der Waals surface area (Å²) in [6, 6.07) is 0. The van der Waals surface area contributed by atoms with Gasteiger partial charge in [0.1, 0.15) is 0 Å². The summed E-state index contributed by atoms with van der Waals surface area (Å²) in [5.74, 6) is 0.692. The van der Waals surface area contributed by atoms with E-state index in [0.717, 1.165) is 19.5 Å². The number of nitrogens with two attached hydrogens (primary N) is 1. The second-order valence-electron chi connectivity index (χ2n) is 4.54. The standard InChI is InChI=1S/C10H23N3O2S/c1-13-7-3-10(4-8-13)2-6-12-16(14,15)9-5-11/h10,12H,2-9,11H2,1H3. The molecule has 0 aromatic heterocycles. The summed E-state index contributed by atoms with van der Waals surface area (Å²) in [7, 11) is -1.00. The molecule has 0 amide bonds. The van der Waals surface area contributed by atoms with Crippen LogP contribution in [0.1, 0.15) is 19.3 Å². The van der Waals surface area contributed by atoms with Crippen molar-refractivity contribution in [2.75, 3.05) is 39.0 Å². The first-order chi connectivity index (χ1) is 7.53. The molecule has 5 nitrogen and oxygen atoms in total. The first-order valence-corrected chi connectivity index (χ1v) is 7.54. The molecule has 0 aliphatic carbocycles. The third-order valence-corrected chi connectivity index (χ3v) is 4.52. The van der Waals surface area contributed by atoms with Crippen LogP contribution in [0.15, 0.2) is 0 Å². The zero-order valence-corrected chi connectivity index (χ0v) is 10.8. The van der Waals surface area contributed by atoms with Crippen LogP contribution in [0.5, 0.6) is 0 Å². The van der Waals surface area contributed by atoms with Crippen LogP contribution in [0, 0.1) is 5.92 Å². The summed E-state index contributed by atoms with van der Waals surface area (Å²) in [5.41, 5.74) is 5.22. The van der Waals surface area contributed by atoms with Gasteiger partial charge in [0.15, 0.2) is 0 Å². The molecule has 1 rings (SSSR count). The molecule has 1 fully saturated rings. The molecule has 16 heavy (non-hydrogen) atoms. The molecule has 3 N–H and O–H groups in total. The normalized spacial score (nSPS) is 20.1. The van der Waals surface area contributed by atoms with Gasteiger partial charge < -0.3 is 10.6 Å². The highest BCUT2D eigenvalue weighted by Gasteiger charge is 2.17. The Morgan fingerprint density at radius 2 is 2.00 bits per heavy atom. The Morgan fingerprint density at radius 3 is 2.56 bits per heavy atom. The number of hydrogen-bond acceptors (Lipinski definition) is 4. The summed E-state index contributed by atoms with van der Waals surface area (Å²) in [5, 5.41) is 0. The van der Waals surface area contributed by atoms with E-state index >= 15 is 0 Å². The molecule has 1 aliphatic rings. The molecule has 0 spiro atoms. The summed E-state index contributed by atoms with van der Waals surface area (Å²) < 4.78 is 25.2. The average Bonchev–Trinajstić information content (AvgIpc) is 2.20. The van der Waals surface area contributed by atoms with Gasteiger partial charge in [0.25, 0.3) is 0 Å². The predicted molar refractivity (Wildman–Crippen MR) is 65.7 cm³/mol. The van der Waals surface area contributed by atoms with Crippen molar-refractivity contribution < 1.29 is 8.42 Å². The Kier molecular flexibility index (Phi) is 5.68. The maximum Gasteiger partial charge on any atom is 0.212 e. The van der Waals surface area contributed by atoms with E-state index in [2.05, 4.69) is 16.7 Å². The van der Waals surface area contributed by atoms with Gasteiger partial charge in [-0.3, -0.25) is 0 Å². The molecular formula is C10H23N3O2S. The fourth-order valence-electron chi connectivity index (χ4n) is 2.00. The van der Waals surface area contributed by atoms with Crippen LogP contribution in [0.3, 0.4) is 0 Å². The van der Waals surface area contributed by atoms with E-state index in [4.69, 9.17) is 5.73 Å². The highest BCUT2D eigenvalue weighted by Crippen LogP contribution is 2.18. The lowest BCUT2D eigenvalue weighted by atomic mass is 9.94. The van der Waals surface area contributed by atoms with Gasteiger partial charge in [0.05, 0.1) is 5.75 Å². The van der Waals surface area contributed by atoms with Crippen LogP contribution in [0.25, 0.3) is 0 Å². The zero-order chi connectivity index (χ0) is 12.0. The lowest BCUT2D eigenvalue weighted by Crippen LogP contribution is -2.34. The van der Waals surface area contributed by atoms with Crippen LogP contribution in [-0.4, -0.2) is 52.3 Å². The van der Waals surface area contributed by atoms with E-state index in [9.17, 15) is 8.42 Å². The van der Waals surface area contributed by atoms with E-state index in [-0.39, 0.29) is 12.3 Å². The van der Waals surface area contributed by atoms with Gasteiger partial charge in [-0.25, -0.2) is 13.1 Å². The summed E-state index contributed by atoms with van der Waals surface area (Å²) in [4.78, 5) is 2.31. The van der Waals surface area contributed by atoms with Crippen molar-refractivity contribution >= 4 is 10.0 Å². The van der Waals surface area contributed by atoms with E-state index in [1.54, 1.807) is 0 Å². The van der Waals surface area contributed by atoms with Crippen molar-refractivity contribution in [2.24, 2.45) is 11.7 Å². The Labute approximate surface area is 98.4 Å². The molecule has 1 aliphatic heterocycles. The van der Waals surface area contributed by atoms with E-state index in [1.807, 2.05) is 0 Å².